The molecule has 116 valence electrons. The Bertz CT molecular complexity index is 691. The maximum absolute atomic E-state index is 13.1. The first-order chi connectivity index (χ1) is 10.5. The Morgan fingerprint density at radius 3 is 2.55 bits per heavy atom. The van der Waals surface area contributed by atoms with Gasteiger partial charge >= 0.3 is 6.18 Å². The van der Waals surface area contributed by atoms with Crippen molar-refractivity contribution in [1.82, 2.24) is 4.98 Å². The van der Waals surface area contributed by atoms with Crippen molar-refractivity contribution in [1.29, 1.82) is 0 Å². The first kappa shape index (κ1) is 14.8. The number of piperidine rings is 1. The second-order valence-electron chi connectivity index (χ2n) is 5.49. The molecule has 1 aromatic carbocycles. The fourth-order valence-corrected chi connectivity index (χ4v) is 2.94. The minimum Gasteiger partial charge on any atom is -0.371 e. The molecule has 0 amide bonds. The Kier molecular flexibility index (Phi) is 3.76. The molecular weight excluding hydrogens is 293 g/mol. The van der Waals surface area contributed by atoms with E-state index in [4.69, 9.17) is 0 Å². The zero-order valence-corrected chi connectivity index (χ0v) is 11.8. The van der Waals surface area contributed by atoms with Crippen LogP contribution < -0.4 is 4.90 Å². The van der Waals surface area contributed by atoms with E-state index in [1.54, 1.807) is 12.1 Å². The summed E-state index contributed by atoms with van der Waals surface area (Å²) in [5.74, 6) is 0.0510. The quantitative estimate of drug-likeness (QED) is 0.794. The van der Waals surface area contributed by atoms with Crippen molar-refractivity contribution in [2.24, 2.45) is 5.92 Å². The summed E-state index contributed by atoms with van der Waals surface area (Å²) in [5, 5.41) is 0.502. The zero-order valence-electron chi connectivity index (χ0n) is 11.8. The summed E-state index contributed by atoms with van der Waals surface area (Å²) in [5.41, 5.74) is 0.0140. The minimum atomic E-state index is -4.42. The van der Waals surface area contributed by atoms with Gasteiger partial charge in [0.1, 0.15) is 6.29 Å². The Morgan fingerprint density at radius 1 is 1.18 bits per heavy atom. The number of aldehydes is 1. The Balaban J connectivity index is 2.04. The number of benzene rings is 1. The summed E-state index contributed by atoms with van der Waals surface area (Å²) < 4.78 is 39.3. The minimum absolute atomic E-state index is 0.0231. The number of hydrogen-bond acceptors (Lipinski definition) is 3. The summed E-state index contributed by atoms with van der Waals surface area (Å²) >= 11 is 0. The van der Waals surface area contributed by atoms with E-state index in [1.807, 2.05) is 4.90 Å². The lowest BCUT2D eigenvalue weighted by Crippen LogP contribution is -2.34. The number of aromatic nitrogens is 1. The van der Waals surface area contributed by atoms with Gasteiger partial charge in [-0.15, -0.1) is 0 Å². The summed E-state index contributed by atoms with van der Waals surface area (Å²) in [6, 6.07) is 5.91. The van der Waals surface area contributed by atoms with Gasteiger partial charge in [0, 0.05) is 36.3 Å². The monoisotopic (exact) mass is 308 g/mol. The van der Waals surface area contributed by atoms with Gasteiger partial charge in [-0.25, -0.2) is 0 Å². The molecule has 1 fully saturated rings. The maximum Gasteiger partial charge on any atom is 0.418 e. The molecule has 2 heterocycles. The van der Waals surface area contributed by atoms with E-state index in [9.17, 15) is 18.0 Å². The molecule has 0 N–H and O–H groups in total. The van der Waals surface area contributed by atoms with E-state index >= 15 is 0 Å². The van der Waals surface area contributed by atoms with E-state index in [0.29, 0.717) is 18.5 Å². The van der Waals surface area contributed by atoms with E-state index in [1.165, 1.54) is 12.3 Å². The highest BCUT2D eigenvalue weighted by molar-refractivity contribution is 5.94. The number of fused-ring (bicyclic) bond motifs is 1. The van der Waals surface area contributed by atoms with Crippen LogP contribution in [-0.2, 0) is 11.0 Å². The molecule has 0 bridgehead atoms. The molecule has 3 rings (SSSR count). The molecule has 0 aliphatic carbocycles. The highest BCUT2D eigenvalue weighted by Crippen LogP contribution is 2.38. The van der Waals surface area contributed by atoms with Crippen molar-refractivity contribution >= 4 is 22.9 Å². The highest BCUT2D eigenvalue weighted by Gasteiger charge is 2.34. The number of rotatable bonds is 2. The van der Waals surface area contributed by atoms with Crippen molar-refractivity contribution < 1.29 is 18.0 Å². The number of alkyl halides is 3. The Morgan fingerprint density at radius 2 is 1.91 bits per heavy atom. The average molecular weight is 308 g/mol. The lowest BCUT2D eigenvalue weighted by atomic mass is 9.97. The normalized spacial score (nSPS) is 17.0. The van der Waals surface area contributed by atoms with Gasteiger partial charge in [0.2, 0.25) is 0 Å². The molecule has 1 saturated heterocycles. The van der Waals surface area contributed by atoms with Crippen molar-refractivity contribution in [2.45, 2.75) is 19.0 Å². The van der Waals surface area contributed by atoms with Crippen LogP contribution in [0.5, 0.6) is 0 Å². The molecule has 0 saturated carbocycles. The third-order valence-corrected chi connectivity index (χ3v) is 4.12. The Labute approximate surface area is 125 Å². The van der Waals surface area contributed by atoms with Crippen LogP contribution in [0.3, 0.4) is 0 Å². The Hall–Kier alpha value is -2.11. The van der Waals surface area contributed by atoms with Gasteiger partial charge in [0.25, 0.3) is 0 Å². The smallest absolute Gasteiger partial charge is 0.371 e. The van der Waals surface area contributed by atoms with Gasteiger partial charge in [-0.05, 0) is 37.1 Å². The molecule has 1 aliphatic heterocycles. The lowest BCUT2D eigenvalue weighted by Gasteiger charge is -2.32. The first-order valence-corrected chi connectivity index (χ1v) is 7.16. The SMILES string of the molecule is O=CC1CCN(c2ccc(C(F)(F)F)c3ncccc23)CC1. The van der Waals surface area contributed by atoms with Crippen LogP contribution in [0.2, 0.25) is 0 Å². The molecule has 0 radical (unpaired) electrons. The van der Waals surface area contributed by atoms with Crippen molar-refractivity contribution in [2.75, 3.05) is 18.0 Å². The fourth-order valence-electron chi connectivity index (χ4n) is 2.94. The predicted molar refractivity (Wildman–Crippen MR) is 77.7 cm³/mol. The summed E-state index contributed by atoms with van der Waals surface area (Å²) in [4.78, 5) is 16.8. The molecule has 1 aliphatic rings. The van der Waals surface area contributed by atoms with Crippen LogP contribution in [0.1, 0.15) is 18.4 Å². The number of hydrogen-bond donors (Lipinski definition) is 0. The van der Waals surface area contributed by atoms with Crippen LogP contribution in [0.4, 0.5) is 18.9 Å². The fraction of sp³-hybridized carbons (Fsp3) is 0.375. The second-order valence-corrected chi connectivity index (χ2v) is 5.49. The average Bonchev–Trinajstić information content (AvgIpc) is 2.53. The van der Waals surface area contributed by atoms with Crippen LogP contribution in [0, 0.1) is 5.92 Å². The molecule has 6 heteroatoms. The predicted octanol–water partition coefficient (Wildman–Crippen LogP) is 3.67. The summed E-state index contributed by atoms with van der Waals surface area (Å²) in [6.07, 6.45) is -0.627. The first-order valence-electron chi connectivity index (χ1n) is 7.16. The summed E-state index contributed by atoms with van der Waals surface area (Å²) in [7, 11) is 0. The number of nitrogens with zero attached hydrogens (tertiary/aromatic N) is 2. The van der Waals surface area contributed by atoms with Crippen molar-refractivity contribution in [3.05, 3.63) is 36.0 Å². The molecule has 2 aromatic rings. The number of anilines is 1. The number of pyridine rings is 1. The van der Waals surface area contributed by atoms with Crippen LogP contribution in [-0.4, -0.2) is 24.4 Å². The van der Waals surface area contributed by atoms with E-state index < -0.39 is 11.7 Å². The topological polar surface area (TPSA) is 33.2 Å². The third kappa shape index (κ3) is 2.65. The lowest BCUT2D eigenvalue weighted by molar-refractivity contribution is -0.136. The maximum atomic E-state index is 13.1. The standard InChI is InChI=1S/C16H15F3N2O/c17-16(18,19)13-3-4-14(12-2-1-7-20-15(12)13)21-8-5-11(10-22)6-9-21/h1-4,7,10-11H,5-6,8-9H2. The molecule has 1 aromatic heterocycles. The van der Waals surface area contributed by atoms with Crippen molar-refractivity contribution in [3.63, 3.8) is 0 Å². The van der Waals surface area contributed by atoms with E-state index in [2.05, 4.69) is 4.98 Å². The van der Waals surface area contributed by atoms with Gasteiger partial charge in [0.05, 0.1) is 11.1 Å². The van der Waals surface area contributed by atoms with E-state index in [-0.39, 0.29) is 11.4 Å². The summed E-state index contributed by atoms with van der Waals surface area (Å²) in [6.45, 7) is 1.33. The molecular formula is C16H15F3N2O. The van der Waals surface area contributed by atoms with Gasteiger partial charge in [-0.2, -0.15) is 13.2 Å². The molecule has 22 heavy (non-hydrogen) atoms. The molecule has 3 nitrogen and oxygen atoms in total. The largest absolute Gasteiger partial charge is 0.418 e. The van der Waals surface area contributed by atoms with Gasteiger partial charge < -0.3 is 9.69 Å². The second kappa shape index (κ2) is 5.59. The van der Waals surface area contributed by atoms with Crippen LogP contribution >= 0.6 is 0 Å². The van der Waals surface area contributed by atoms with Gasteiger partial charge in [0.15, 0.2) is 0 Å². The molecule has 0 spiro atoms. The van der Waals surface area contributed by atoms with Gasteiger partial charge in [-0.1, -0.05) is 0 Å². The molecule has 0 unspecified atom stereocenters. The zero-order chi connectivity index (χ0) is 15.7. The third-order valence-electron chi connectivity index (χ3n) is 4.12. The van der Waals surface area contributed by atoms with E-state index in [0.717, 1.165) is 30.9 Å². The number of halogens is 3. The van der Waals surface area contributed by atoms with Crippen molar-refractivity contribution in [3.8, 4) is 0 Å². The number of carbonyl (C=O) groups is 1. The molecule has 0 atom stereocenters. The van der Waals surface area contributed by atoms with Crippen LogP contribution in [0.25, 0.3) is 10.9 Å². The van der Waals surface area contributed by atoms with Crippen LogP contribution in [0.15, 0.2) is 30.5 Å². The number of carbonyl (C=O) groups excluding carboxylic acids is 1. The van der Waals surface area contributed by atoms with Gasteiger partial charge in [-0.3, -0.25) is 4.98 Å². The highest BCUT2D eigenvalue weighted by atomic mass is 19.4.